The minimum absolute atomic E-state index is 0.0905. The Labute approximate surface area is 170 Å². The number of rotatable bonds is 5. The molecule has 9 heteroatoms. The number of nitrogens with zero attached hydrogens (tertiary/aromatic N) is 2. The van der Waals surface area contributed by atoms with Crippen LogP contribution in [0.2, 0.25) is 0 Å². The van der Waals surface area contributed by atoms with Crippen molar-refractivity contribution in [2.45, 2.75) is 0 Å². The fourth-order valence-electron chi connectivity index (χ4n) is 2.49. The molecule has 3 aromatic rings. The van der Waals surface area contributed by atoms with Gasteiger partial charge in [0.05, 0.1) is 4.92 Å². The standard InChI is InChI=1S/C21H14N4O5/c22-13-16(21(27)24-23-20(26)14-5-2-1-3-6-14)12-18-9-10-19(30-18)15-7-4-8-17(11-15)25(28)29/h1-12H,(H,23,26)(H,24,27)/b16-12+. The number of hydrogen-bond acceptors (Lipinski definition) is 6. The third kappa shape index (κ3) is 4.76. The highest BCUT2D eigenvalue weighted by Crippen LogP contribution is 2.26. The van der Waals surface area contributed by atoms with Crippen molar-refractivity contribution in [3.8, 4) is 17.4 Å². The first kappa shape index (κ1) is 20.0. The lowest BCUT2D eigenvalue weighted by Gasteiger charge is -2.06. The molecule has 148 valence electrons. The SMILES string of the molecule is N#C/C(=C\c1ccc(-c2cccc([N+](=O)[O-])c2)o1)C(=O)NNC(=O)c1ccccc1. The van der Waals surface area contributed by atoms with Crippen molar-refractivity contribution in [1.29, 1.82) is 5.26 Å². The Bertz CT molecular complexity index is 1180. The number of furan rings is 1. The Kier molecular flexibility index (Phi) is 6.00. The van der Waals surface area contributed by atoms with Gasteiger partial charge in [-0.1, -0.05) is 30.3 Å². The maximum Gasteiger partial charge on any atom is 0.280 e. The summed E-state index contributed by atoms with van der Waals surface area (Å²) in [6.07, 6.45) is 1.20. The molecule has 1 heterocycles. The van der Waals surface area contributed by atoms with E-state index in [9.17, 15) is 25.0 Å². The molecule has 0 aliphatic rings. The molecule has 2 N–H and O–H groups in total. The molecule has 0 unspecified atom stereocenters. The van der Waals surface area contributed by atoms with Crippen molar-refractivity contribution >= 4 is 23.6 Å². The second-order valence-electron chi connectivity index (χ2n) is 5.95. The molecule has 1 aromatic heterocycles. The van der Waals surface area contributed by atoms with Gasteiger partial charge in [-0.15, -0.1) is 0 Å². The van der Waals surface area contributed by atoms with Gasteiger partial charge in [0, 0.05) is 29.3 Å². The Balaban J connectivity index is 1.71. The highest BCUT2D eigenvalue weighted by molar-refractivity contribution is 6.03. The van der Waals surface area contributed by atoms with Crippen molar-refractivity contribution in [3.63, 3.8) is 0 Å². The van der Waals surface area contributed by atoms with Crippen LogP contribution in [0.25, 0.3) is 17.4 Å². The van der Waals surface area contributed by atoms with E-state index < -0.39 is 16.7 Å². The summed E-state index contributed by atoms with van der Waals surface area (Å²) in [6, 6.07) is 18.9. The molecule has 0 radical (unpaired) electrons. The van der Waals surface area contributed by atoms with Gasteiger partial charge < -0.3 is 4.42 Å². The van der Waals surface area contributed by atoms with Crippen LogP contribution in [0.5, 0.6) is 0 Å². The Morgan fingerprint density at radius 3 is 2.50 bits per heavy atom. The van der Waals surface area contributed by atoms with Crippen LogP contribution in [-0.4, -0.2) is 16.7 Å². The van der Waals surface area contributed by atoms with E-state index >= 15 is 0 Å². The summed E-state index contributed by atoms with van der Waals surface area (Å²) in [5, 5.41) is 20.2. The maximum atomic E-state index is 12.2. The summed E-state index contributed by atoms with van der Waals surface area (Å²) in [6.45, 7) is 0. The number of nitrogens with one attached hydrogen (secondary N) is 2. The zero-order chi connectivity index (χ0) is 21.5. The summed E-state index contributed by atoms with van der Waals surface area (Å²) in [7, 11) is 0. The molecule has 30 heavy (non-hydrogen) atoms. The van der Waals surface area contributed by atoms with E-state index in [1.807, 2.05) is 0 Å². The lowest BCUT2D eigenvalue weighted by molar-refractivity contribution is -0.384. The van der Waals surface area contributed by atoms with E-state index in [1.54, 1.807) is 48.5 Å². The van der Waals surface area contributed by atoms with Crippen LogP contribution in [0.4, 0.5) is 5.69 Å². The summed E-state index contributed by atoms with van der Waals surface area (Å²) in [4.78, 5) is 34.5. The van der Waals surface area contributed by atoms with Gasteiger partial charge in [-0.05, 0) is 24.3 Å². The van der Waals surface area contributed by atoms with Crippen LogP contribution in [-0.2, 0) is 4.79 Å². The number of carbonyl (C=O) groups excluding carboxylic acids is 2. The van der Waals surface area contributed by atoms with Crippen molar-refractivity contribution < 1.29 is 18.9 Å². The van der Waals surface area contributed by atoms with E-state index in [-0.39, 0.29) is 17.0 Å². The van der Waals surface area contributed by atoms with Gasteiger partial charge >= 0.3 is 0 Å². The summed E-state index contributed by atoms with van der Waals surface area (Å²) < 4.78 is 5.56. The maximum absolute atomic E-state index is 12.2. The number of nitro benzene ring substituents is 1. The molecule has 9 nitrogen and oxygen atoms in total. The second kappa shape index (κ2) is 8.99. The number of non-ortho nitro benzene ring substituents is 1. The molecule has 0 fully saturated rings. The quantitative estimate of drug-likeness (QED) is 0.291. The van der Waals surface area contributed by atoms with Crippen LogP contribution >= 0.6 is 0 Å². The summed E-state index contributed by atoms with van der Waals surface area (Å²) >= 11 is 0. The van der Waals surface area contributed by atoms with Crippen LogP contribution in [0, 0.1) is 21.4 Å². The molecule has 2 amide bonds. The van der Waals surface area contributed by atoms with Gasteiger partial charge in [0.15, 0.2) is 0 Å². The van der Waals surface area contributed by atoms with Crippen LogP contribution in [0.15, 0.2) is 76.7 Å². The molecule has 0 bridgehead atoms. The Morgan fingerprint density at radius 2 is 1.80 bits per heavy atom. The fraction of sp³-hybridized carbons (Fsp3) is 0. The normalized spacial score (nSPS) is 10.7. The first-order valence-corrected chi connectivity index (χ1v) is 8.60. The van der Waals surface area contributed by atoms with E-state index in [2.05, 4.69) is 10.9 Å². The molecule has 2 aromatic carbocycles. The van der Waals surface area contributed by atoms with Crippen molar-refractivity contribution in [1.82, 2.24) is 10.9 Å². The number of nitriles is 1. The van der Waals surface area contributed by atoms with Gasteiger partial charge in [0.25, 0.3) is 17.5 Å². The summed E-state index contributed by atoms with van der Waals surface area (Å²) in [5.74, 6) is -0.833. The van der Waals surface area contributed by atoms with E-state index in [0.29, 0.717) is 16.9 Å². The number of carbonyl (C=O) groups is 2. The van der Waals surface area contributed by atoms with E-state index in [4.69, 9.17) is 4.42 Å². The number of hydrazine groups is 1. The average molecular weight is 402 g/mol. The van der Waals surface area contributed by atoms with Gasteiger partial charge in [0.1, 0.15) is 23.2 Å². The zero-order valence-corrected chi connectivity index (χ0v) is 15.4. The second-order valence-corrected chi connectivity index (χ2v) is 5.95. The van der Waals surface area contributed by atoms with E-state index in [1.165, 1.54) is 30.3 Å². The van der Waals surface area contributed by atoms with Crippen LogP contribution in [0.1, 0.15) is 16.1 Å². The molecule has 0 atom stereocenters. The molecule has 0 aliphatic heterocycles. The molecule has 3 rings (SSSR count). The van der Waals surface area contributed by atoms with Gasteiger partial charge in [-0.25, -0.2) is 0 Å². The predicted octanol–water partition coefficient (Wildman–Crippen LogP) is 3.22. The average Bonchev–Trinajstić information content (AvgIpc) is 3.25. The molecular weight excluding hydrogens is 388 g/mol. The predicted molar refractivity (Wildman–Crippen MR) is 106 cm³/mol. The van der Waals surface area contributed by atoms with Crippen molar-refractivity contribution in [2.24, 2.45) is 0 Å². The van der Waals surface area contributed by atoms with Crippen molar-refractivity contribution in [3.05, 3.63) is 93.7 Å². The van der Waals surface area contributed by atoms with E-state index in [0.717, 1.165) is 0 Å². The lowest BCUT2D eigenvalue weighted by atomic mass is 10.1. The zero-order valence-electron chi connectivity index (χ0n) is 15.4. The fourth-order valence-corrected chi connectivity index (χ4v) is 2.49. The number of amides is 2. The minimum Gasteiger partial charge on any atom is -0.457 e. The topological polar surface area (TPSA) is 138 Å². The Morgan fingerprint density at radius 1 is 1.03 bits per heavy atom. The van der Waals surface area contributed by atoms with Crippen LogP contribution < -0.4 is 10.9 Å². The first-order valence-electron chi connectivity index (χ1n) is 8.60. The largest absolute Gasteiger partial charge is 0.457 e. The molecular formula is C21H14N4O5. The van der Waals surface area contributed by atoms with Gasteiger partial charge in [0.2, 0.25) is 0 Å². The molecule has 0 saturated carbocycles. The van der Waals surface area contributed by atoms with Crippen molar-refractivity contribution in [2.75, 3.05) is 0 Å². The smallest absolute Gasteiger partial charge is 0.280 e. The molecule has 0 saturated heterocycles. The lowest BCUT2D eigenvalue weighted by Crippen LogP contribution is -2.42. The third-order valence-corrected chi connectivity index (χ3v) is 3.95. The summed E-state index contributed by atoms with van der Waals surface area (Å²) in [5.41, 5.74) is 4.81. The van der Waals surface area contributed by atoms with Gasteiger partial charge in [-0.2, -0.15) is 5.26 Å². The monoisotopic (exact) mass is 402 g/mol. The first-order chi connectivity index (χ1) is 14.5. The Hall–Kier alpha value is -4.71. The highest BCUT2D eigenvalue weighted by atomic mass is 16.6. The molecule has 0 aliphatic carbocycles. The highest BCUT2D eigenvalue weighted by Gasteiger charge is 2.14. The number of hydrogen-bond donors (Lipinski definition) is 2. The third-order valence-electron chi connectivity index (χ3n) is 3.95. The number of benzene rings is 2. The van der Waals surface area contributed by atoms with Crippen LogP contribution in [0.3, 0.4) is 0 Å². The minimum atomic E-state index is -0.824. The van der Waals surface area contributed by atoms with Gasteiger partial charge in [-0.3, -0.25) is 30.6 Å². The number of nitro groups is 1. The molecule has 0 spiro atoms.